The average Bonchev–Trinajstić information content (AvgIpc) is 2.99. The van der Waals surface area contributed by atoms with E-state index in [1.165, 1.54) is 24.3 Å². The van der Waals surface area contributed by atoms with Crippen molar-refractivity contribution in [3.05, 3.63) is 101 Å². The highest BCUT2D eigenvalue weighted by molar-refractivity contribution is 6.23. The smallest absolute Gasteiger partial charge is 0.262 e. The maximum absolute atomic E-state index is 13.2. The van der Waals surface area contributed by atoms with Crippen LogP contribution in [0.3, 0.4) is 0 Å². The molecule has 0 radical (unpaired) electrons. The molecule has 1 N–H and O–H groups in total. The number of benzene rings is 3. The molecular weight excluding hydrogens is 371 g/mol. The number of imide groups is 1. The summed E-state index contributed by atoms with van der Waals surface area (Å²) >= 11 is 0. The van der Waals surface area contributed by atoms with Crippen LogP contribution in [0.5, 0.6) is 0 Å². The summed E-state index contributed by atoms with van der Waals surface area (Å²) in [4.78, 5) is 39.9. The molecule has 0 aliphatic carbocycles. The second kappa shape index (κ2) is 7.67. The lowest BCUT2D eigenvalue weighted by Gasteiger charge is -2.25. The Morgan fingerprint density at radius 1 is 0.828 bits per heavy atom. The van der Waals surface area contributed by atoms with Gasteiger partial charge in [0.05, 0.1) is 11.1 Å². The van der Waals surface area contributed by atoms with E-state index in [0.717, 1.165) is 10.5 Å². The molecule has 3 aromatic rings. The lowest BCUT2D eigenvalue weighted by Crippen LogP contribution is -2.48. The first-order valence-electron chi connectivity index (χ1n) is 9.12. The Morgan fingerprint density at radius 3 is 1.97 bits per heavy atom. The Kier molecular flexibility index (Phi) is 4.91. The van der Waals surface area contributed by atoms with Gasteiger partial charge < -0.3 is 5.32 Å². The van der Waals surface area contributed by atoms with Gasteiger partial charge in [-0.15, -0.1) is 0 Å². The molecule has 144 valence electrons. The Hall–Kier alpha value is -3.80. The van der Waals surface area contributed by atoms with E-state index < -0.39 is 29.6 Å². The van der Waals surface area contributed by atoms with E-state index in [1.54, 1.807) is 24.3 Å². The fourth-order valence-electron chi connectivity index (χ4n) is 3.39. The van der Waals surface area contributed by atoms with Gasteiger partial charge in [-0.3, -0.25) is 19.3 Å². The fourth-order valence-corrected chi connectivity index (χ4v) is 3.39. The van der Waals surface area contributed by atoms with Crippen molar-refractivity contribution in [1.82, 2.24) is 4.90 Å². The third-order valence-electron chi connectivity index (χ3n) is 4.82. The van der Waals surface area contributed by atoms with Gasteiger partial charge in [0.15, 0.2) is 0 Å². The largest absolute Gasteiger partial charge is 0.324 e. The molecule has 1 aliphatic rings. The summed E-state index contributed by atoms with van der Waals surface area (Å²) in [5.74, 6) is -1.94. The molecule has 1 aliphatic heterocycles. The number of nitrogens with zero attached hydrogens (tertiary/aromatic N) is 1. The first-order valence-corrected chi connectivity index (χ1v) is 9.12. The Balaban J connectivity index is 1.67. The van der Waals surface area contributed by atoms with Crippen molar-refractivity contribution < 1.29 is 18.8 Å². The molecular formula is C23H17FN2O3. The summed E-state index contributed by atoms with van der Waals surface area (Å²) in [6.07, 6.45) is 0.166. The van der Waals surface area contributed by atoms with E-state index in [4.69, 9.17) is 0 Å². The molecule has 29 heavy (non-hydrogen) atoms. The predicted molar refractivity (Wildman–Crippen MR) is 106 cm³/mol. The van der Waals surface area contributed by atoms with Crippen LogP contribution < -0.4 is 5.32 Å². The van der Waals surface area contributed by atoms with Gasteiger partial charge in [0, 0.05) is 12.1 Å². The zero-order chi connectivity index (χ0) is 20.4. The minimum absolute atomic E-state index is 0.166. The molecule has 6 heteroatoms. The van der Waals surface area contributed by atoms with Crippen LogP contribution in [0.25, 0.3) is 0 Å². The number of rotatable bonds is 5. The van der Waals surface area contributed by atoms with Crippen LogP contribution in [0.4, 0.5) is 10.1 Å². The normalized spacial score (nSPS) is 13.9. The van der Waals surface area contributed by atoms with Crippen LogP contribution in [0.1, 0.15) is 26.3 Å². The number of anilines is 1. The number of hydrogen-bond acceptors (Lipinski definition) is 3. The number of carbonyl (C=O) groups excluding carboxylic acids is 3. The van der Waals surface area contributed by atoms with Gasteiger partial charge in [0.25, 0.3) is 11.8 Å². The molecule has 0 fully saturated rings. The number of hydrogen-bond donors (Lipinski definition) is 1. The molecule has 4 rings (SSSR count). The van der Waals surface area contributed by atoms with E-state index >= 15 is 0 Å². The van der Waals surface area contributed by atoms with Crippen LogP contribution in [-0.2, 0) is 11.2 Å². The molecule has 1 atom stereocenters. The molecule has 0 unspecified atom stereocenters. The predicted octanol–water partition coefficient (Wildman–Crippen LogP) is 3.67. The van der Waals surface area contributed by atoms with Gasteiger partial charge in [-0.2, -0.15) is 0 Å². The van der Waals surface area contributed by atoms with Crippen LogP contribution in [0.15, 0.2) is 78.9 Å². The number of halogens is 1. The quantitative estimate of drug-likeness (QED) is 0.678. The topological polar surface area (TPSA) is 66.5 Å². The molecule has 0 spiro atoms. The zero-order valence-corrected chi connectivity index (χ0v) is 15.3. The van der Waals surface area contributed by atoms with Gasteiger partial charge in [0.1, 0.15) is 11.9 Å². The van der Waals surface area contributed by atoms with Crippen molar-refractivity contribution in [3.8, 4) is 0 Å². The van der Waals surface area contributed by atoms with E-state index in [0.29, 0.717) is 5.69 Å². The van der Waals surface area contributed by atoms with E-state index in [1.807, 2.05) is 30.3 Å². The van der Waals surface area contributed by atoms with E-state index in [2.05, 4.69) is 5.32 Å². The van der Waals surface area contributed by atoms with Crippen LogP contribution >= 0.6 is 0 Å². The van der Waals surface area contributed by atoms with Crippen molar-refractivity contribution >= 4 is 23.4 Å². The minimum Gasteiger partial charge on any atom is -0.324 e. The molecule has 0 aromatic heterocycles. The van der Waals surface area contributed by atoms with Gasteiger partial charge in [-0.1, -0.05) is 42.5 Å². The number of fused-ring (bicyclic) bond motifs is 1. The highest BCUT2D eigenvalue weighted by atomic mass is 19.1. The summed E-state index contributed by atoms with van der Waals surface area (Å²) in [7, 11) is 0. The maximum atomic E-state index is 13.2. The van der Waals surface area contributed by atoms with Crippen molar-refractivity contribution in [1.29, 1.82) is 0 Å². The third kappa shape index (κ3) is 3.65. The molecule has 0 saturated heterocycles. The first-order chi connectivity index (χ1) is 14.0. The number of carbonyl (C=O) groups is 3. The van der Waals surface area contributed by atoms with Gasteiger partial charge in [-0.25, -0.2) is 4.39 Å². The maximum Gasteiger partial charge on any atom is 0.262 e. The van der Waals surface area contributed by atoms with Crippen molar-refractivity contribution in [3.63, 3.8) is 0 Å². The first kappa shape index (κ1) is 18.6. The third-order valence-corrected chi connectivity index (χ3v) is 4.82. The Labute approximate surface area is 166 Å². The lowest BCUT2D eigenvalue weighted by atomic mass is 10.0. The van der Waals surface area contributed by atoms with Crippen molar-refractivity contribution in [2.75, 3.05) is 5.32 Å². The Bertz CT molecular complexity index is 1050. The number of nitrogens with one attached hydrogen (secondary N) is 1. The van der Waals surface area contributed by atoms with Crippen LogP contribution in [0.2, 0.25) is 0 Å². The van der Waals surface area contributed by atoms with E-state index in [-0.39, 0.29) is 17.5 Å². The molecule has 5 nitrogen and oxygen atoms in total. The van der Waals surface area contributed by atoms with Crippen LogP contribution in [0, 0.1) is 5.82 Å². The molecule has 3 aromatic carbocycles. The molecule has 1 heterocycles. The minimum atomic E-state index is -1.05. The van der Waals surface area contributed by atoms with Gasteiger partial charge in [0.2, 0.25) is 5.91 Å². The molecule has 3 amide bonds. The Morgan fingerprint density at radius 2 is 1.38 bits per heavy atom. The second-order valence-electron chi connectivity index (χ2n) is 6.73. The number of amides is 3. The highest BCUT2D eigenvalue weighted by Crippen LogP contribution is 2.26. The summed E-state index contributed by atoms with van der Waals surface area (Å²) < 4.78 is 13.2. The summed E-state index contributed by atoms with van der Waals surface area (Å²) in [6.45, 7) is 0. The summed E-state index contributed by atoms with van der Waals surface area (Å²) in [5, 5.41) is 2.68. The zero-order valence-electron chi connectivity index (χ0n) is 15.3. The average molecular weight is 388 g/mol. The monoisotopic (exact) mass is 388 g/mol. The van der Waals surface area contributed by atoms with Crippen molar-refractivity contribution in [2.24, 2.45) is 0 Å². The molecule has 0 saturated carbocycles. The highest BCUT2D eigenvalue weighted by Gasteiger charge is 2.42. The summed E-state index contributed by atoms with van der Waals surface area (Å²) in [5.41, 5.74) is 1.75. The van der Waals surface area contributed by atoms with Crippen molar-refractivity contribution in [2.45, 2.75) is 12.5 Å². The molecule has 0 bridgehead atoms. The fraction of sp³-hybridized carbons (Fsp3) is 0.0870. The lowest BCUT2D eigenvalue weighted by molar-refractivity contribution is -0.119. The second-order valence-corrected chi connectivity index (χ2v) is 6.73. The van der Waals surface area contributed by atoms with Crippen LogP contribution in [-0.4, -0.2) is 28.7 Å². The van der Waals surface area contributed by atoms with E-state index in [9.17, 15) is 18.8 Å². The summed E-state index contributed by atoms with van der Waals surface area (Å²) in [6, 6.07) is 19.9. The SMILES string of the molecule is O=C(Nc1ccc(F)cc1)[C@@H](Cc1ccccc1)N1C(=O)c2ccccc2C1=O. The van der Waals surface area contributed by atoms with Gasteiger partial charge >= 0.3 is 0 Å². The standard InChI is InChI=1S/C23H17FN2O3/c24-16-10-12-17(13-11-16)25-21(27)20(14-15-6-2-1-3-7-15)26-22(28)18-8-4-5-9-19(18)23(26)29/h1-13,20H,14H2,(H,25,27)/t20-/m1/s1. The van der Waals surface area contributed by atoms with Gasteiger partial charge in [-0.05, 0) is 42.0 Å².